The van der Waals surface area contributed by atoms with E-state index >= 15 is 0 Å². The second-order valence-electron chi connectivity index (χ2n) is 7.69. The zero-order chi connectivity index (χ0) is 23.1. The zero-order valence-corrected chi connectivity index (χ0v) is 17.9. The van der Waals surface area contributed by atoms with E-state index in [9.17, 15) is 18.8 Å². The fraction of sp³-hybridized carbons (Fsp3) is 0.429. The molecule has 1 rings (SSSR count). The smallest absolute Gasteiger partial charge is 0.344 e. The van der Waals surface area contributed by atoms with Crippen LogP contribution in [-0.4, -0.2) is 36.5 Å². The molecule has 1 amide bonds. The van der Waals surface area contributed by atoms with E-state index in [4.69, 9.17) is 15.9 Å². The summed E-state index contributed by atoms with van der Waals surface area (Å²) in [6.07, 6.45) is 0. The van der Waals surface area contributed by atoms with Crippen LogP contribution in [-0.2, 0) is 20.9 Å². The molecule has 0 radical (unpaired) electrons. The van der Waals surface area contributed by atoms with Crippen LogP contribution in [0.2, 0.25) is 0 Å². The number of ketones is 1. The van der Waals surface area contributed by atoms with Crippen LogP contribution in [0.15, 0.2) is 29.6 Å². The Bertz CT molecular complexity index is 872. The number of Topliss-reactive ketones (excluding diaryl/α,β-unsaturated/α-hetero) is 1. The summed E-state index contributed by atoms with van der Waals surface area (Å²) in [5, 5.41) is 13.1. The van der Waals surface area contributed by atoms with Crippen LogP contribution in [0.5, 0.6) is 0 Å². The number of carbonyl (C=O) groups is 3. The van der Waals surface area contributed by atoms with Crippen molar-refractivity contribution in [3.05, 3.63) is 46.5 Å². The Labute approximate surface area is 175 Å². The molecule has 0 bridgehead atoms. The lowest BCUT2D eigenvalue weighted by molar-refractivity contribution is -0.137. The van der Waals surface area contributed by atoms with Gasteiger partial charge in [-0.1, -0.05) is 26.8 Å². The summed E-state index contributed by atoms with van der Waals surface area (Å²) in [7, 11) is 0. The molecule has 0 aliphatic heterocycles. The average molecular weight is 420 g/mol. The maximum absolute atomic E-state index is 14.1. The minimum Gasteiger partial charge on any atom is -0.454 e. The Morgan fingerprint density at radius 2 is 1.83 bits per heavy atom. The number of benzene rings is 1. The van der Waals surface area contributed by atoms with Gasteiger partial charge in [-0.05, 0) is 31.5 Å². The van der Waals surface area contributed by atoms with Crippen molar-refractivity contribution >= 4 is 23.4 Å². The standard InChI is InChI=1S/C21H29FN4O4/c1-6-25-18(24)17(12(2)23)19(28)30-11-16(27)14-9-13(7-8-15(14)22)10-26-20(29)21(3,4)5/h7-9,23,25H,6,10-11,24H2,1-5H3,(H,26,29)/b18-17+,23-12?. The van der Waals surface area contributed by atoms with Crippen molar-refractivity contribution in [2.75, 3.05) is 13.2 Å². The number of hydrogen-bond donors (Lipinski definition) is 4. The summed E-state index contributed by atoms with van der Waals surface area (Å²) >= 11 is 0. The molecule has 0 saturated carbocycles. The molecular formula is C21H29FN4O4. The predicted molar refractivity (Wildman–Crippen MR) is 111 cm³/mol. The molecule has 0 saturated heterocycles. The van der Waals surface area contributed by atoms with Gasteiger partial charge in [-0.25, -0.2) is 9.18 Å². The summed E-state index contributed by atoms with van der Waals surface area (Å²) < 4.78 is 19.1. The Morgan fingerprint density at radius 1 is 1.20 bits per heavy atom. The van der Waals surface area contributed by atoms with Gasteiger partial charge in [-0.3, -0.25) is 9.59 Å². The fourth-order valence-electron chi connectivity index (χ4n) is 2.37. The molecule has 0 aromatic heterocycles. The Balaban J connectivity index is 2.89. The summed E-state index contributed by atoms with van der Waals surface area (Å²) in [4.78, 5) is 36.6. The normalized spacial score (nSPS) is 11.9. The van der Waals surface area contributed by atoms with E-state index in [1.54, 1.807) is 27.7 Å². The third kappa shape index (κ3) is 6.98. The van der Waals surface area contributed by atoms with E-state index in [0.29, 0.717) is 12.1 Å². The first kappa shape index (κ1) is 24.8. The molecule has 0 fully saturated rings. The molecule has 0 atom stereocenters. The van der Waals surface area contributed by atoms with Gasteiger partial charge in [0.05, 0.1) is 5.56 Å². The molecule has 30 heavy (non-hydrogen) atoms. The quantitative estimate of drug-likeness (QED) is 0.209. The second-order valence-corrected chi connectivity index (χ2v) is 7.69. The number of ether oxygens (including phenoxy) is 1. The summed E-state index contributed by atoms with van der Waals surface area (Å²) in [6.45, 7) is 8.24. The summed E-state index contributed by atoms with van der Waals surface area (Å²) in [5.74, 6) is -2.70. The van der Waals surface area contributed by atoms with Gasteiger partial charge in [0, 0.05) is 24.2 Å². The molecule has 164 valence electrons. The monoisotopic (exact) mass is 420 g/mol. The van der Waals surface area contributed by atoms with E-state index in [0.717, 1.165) is 6.07 Å². The van der Waals surface area contributed by atoms with Crippen molar-refractivity contribution in [1.29, 1.82) is 5.41 Å². The Hall–Kier alpha value is -3.23. The molecule has 0 aliphatic carbocycles. The first-order valence-corrected chi connectivity index (χ1v) is 9.44. The topological polar surface area (TPSA) is 134 Å². The van der Waals surface area contributed by atoms with Crippen LogP contribution in [0.25, 0.3) is 0 Å². The molecule has 1 aromatic carbocycles. The SMILES string of the molecule is CCN/C(N)=C(\C(C)=N)C(=O)OCC(=O)c1cc(CNC(=O)C(C)(C)C)ccc1F. The number of hydrogen-bond acceptors (Lipinski definition) is 7. The second kappa shape index (κ2) is 10.5. The lowest BCUT2D eigenvalue weighted by Crippen LogP contribution is -2.34. The number of rotatable bonds is 9. The van der Waals surface area contributed by atoms with Crippen molar-refractivity contribution in [1.82, 2.24) is 10.6 Å². The van der Waals surface area contributed by atoms with Crippen LogP contribution < -0.4 is 16.4 Å². The van der Waals surface area contributed by atoms with Gasteiger partial charge in [-0.2, -0.15) is 0 Å². The van der Waals surface area contributed by atoms with Gasteiger partial charge in [0.15, 0.2) is 6.61 Å². The number of nitrogens with one attached hydrogen (secondary N) is 3. The van der Waals surface area contributed by atoms with Crippen molar-refractivity contribution in [2.45, 2.75) is 41.2 Å². The third-order valence-electron chi connectivity index (χ3n) is 4.02. The molecule has 0 aliphatic rings. The Kier molecular flexibility index (Phi) is 8.70. The Morgan fingerprint density at radius 3 is 2.37 bits per heavy atom. The minimum absolute atomic E-state index is 0.0368. The van der Waals surface area contributed by atoms with E-state index in [1.165, 1.54) is 19.1 Å². The maximum atomic E-state index is 14.1. The molecule has 8 nitrogen and oxygen atoms in total. The van der Waals surface area contributed by atoms with Crippen LogP contribution >= 0.6 is 0 Å². The first-order chi connectivity index (χ1) is 13.9. The highest BCUT2D eigenvalue weighted by Gasteiger charge is 2.22. The molecule has 1 aromatic rings. The minimum atomic E-state index is -0.955. The maximum Gasteiger partial charge on any atom is 0.344 e. The van der Waals surface area contributed by atoms with Gasteiger partial charge in [-0.15, -0.1) is 0 Å². The van der Waals surface area contributed by atoms with E-state index < -0.39 is 29.6 Å². The third-order valence-corrected chi connectivity index (χ3v) is 4.02. The lowest BCUT2D eigenvalue weighted by Gasteiger charge is -2.17. The van der Waals surface area contributed by atoms with Crippen LogP contribution in [0.4, 0.5) is 4.39 Å². The molecule has 9 heteroatoms. The van der Waals surface area contributed by atoms with Gasteiger partial charge in [0.1, 0.15) is 17.2 Å². The molecule has 0 heterocycles. The zero-order valence-electron chi connectivity index (χ0n) is 17.9. The van der Waals surface area contributed by atoms with Crippen molar-refractivity contribution in [2.24, 2.45) is 11.1 Å². The molecule has 0 unspecified atom stereocenters. The van der Waals surface area contributed by atoms with Crippen LogP contribution in [0.3, 0.4) is 0 Å². The molecule has 0 spiro atoms. The van der Waals surface area contributed by atoms with Crippen molar-refractivity contribution < 1.29 is 23.5 Å². The lowest BCUT2D eigenvalue weighted by atomic mass is 9.95. The highest BCUT2D eigenvalue weighted by molar-refractivity contribution is 6.18. The predicted octanol–water partition coefficient (Wildman–Crippen LogP) is 2.03. The van der Waals surface area contributed by atoms with E-state index in [1.807, 2.05) is 0 Å². The van der Waals surface area contributed by atoms with Gasteiger partial charge >= 0.3 is 5.97 Å². The van der Waals surface area contributed by atoms with Gasteiger partial charge < -0.3 is 26.5 Å². The largest absolute Gasteiger partial charge is 0.454 e. The van der Waals surface area contributed by atoms with E-state index in [-0.39, 0.29) is 35.1 Å². The van der Waals surface area contributed by atoms with Crippen molar-refractivity contribution in [3.8, 4) is 0 Å². The first-order valence-electron chi connectivity index (χ1n) is 9.44. The highest BCUT2D eigenvalue weighted by atomic mass is 19.1. The number of carbonyl (C=O) groups excluding carboxylic acids is 3. The molecule has 5 N–H and O–H groups in total. The average Bonchev–Trinajstić information content (AvgIpc) is 2.64. The van der Waals surface area contributed by atoms with Crippen molar-refractivity contribution in [3.63, 3.8) is 0 Å². The summed E-state index contributed by atoms with van der Waals surface area (Å²) in [6, 6.07) is 3.88. The molecular weight excluding hydrogens is 391 g/mol. The van der Waals surface area contributed by atoms with Gasteiger partial charge in [0.25, 0.3) is 0 Å². The van der Waals surface area contributed by atoms with Crippen LogP contribution in [0.1, 0.15) is 50.5 Å². The number of amides is 1. The number of nitrogens with two attached hydrogens (primary N) is 1. The number of halogens is 1. The summed E-state index contributed by atoms with van der Waals surface area (Å²) in [5.41, 5.74) is 5.08. The number of esters is 1. The fourth-order valence-corrected chi connectivity index (χ4v) is 2.37. The van der Waals surface area contributed by atoms with E-state index in [2.05, 4.69) is 10.6 Å². The highest BCUT2D eigenvalue weighted by Crippen LogP contribution is 2.15. The van der Waals surface area contributed by atoms with Crippen LogP contribution in [0, 0.1) is 16.6 Å². The van der Waals surface area contributed by atoms with Gasteiger partial charge in [0.2, 0.25) is 11.7 Å².